The summed E-state index contributed by atoms with van der Waals surface area (Å²) in [6, 6.07) is 1.43. The molecule has 1 aromatic rings. The second-order valence-electron chi connectivity index (χ2n) is 5.35. The molecular weight excluding hydrogens is 340 g/mol. The predicted molar refractivity (Wildman–Crippen MR) is 80.3 cm³/mol. The number of aromatic amines is 1. The van der Waals surface area contributed by atoms with Crippen molar-refractivity contribution in [2.75, 3.05) is 0 Å². The molecule has 0 spiro atoms. The Morgan fingerprint density at radius 3 is 2.52 bits per heavy atom. The number of halogens is 1. The van der Waals surface area contributed by atoms with Gasteiger partial charge in [0.1, 0.15) is 5.56 Å². The standard InChI is InChI=1S/C14H17BrN2O4/c1-7-11(15)6-10(12(18)16-7)13(19)17-9-4-2-8(3-5-9)14(20)21/h6,8-9H,2-5H2,1H3,(H,16,18)(H,17,19)(H,20,21). The third kappa shape index (κ3) is 3.72. The molecule has 6 nitrogen and oxygen atoms in total. The summed E-state index contributed by atoms with van der Waals surface area (Å²) in [7, 11) is 0. The van der Waals surface area contributed by atoms with Crippen LogP contribution in [0.25, 0.3) is 0 Å². The van der Waals surface area contributed by atoms with Crippen LogP contribution in [0.5, 0.6) is 0 Å². The number of carbonyl (C=O) groups is 2. The number of H-pyrrole nitrogens is 1. The minimum Gasteiger partial charge on any atom is -0.481 e. The Bertz CT molecular complexity index is 618. The van der Waals surface area contributed by atoms with Gasteiger partial charge in [-0.2, -0.15) is 0 Å². The summed E-state index contributed by atoms with van der Waals surface area (Å²) < 4.78 is 0.668. The summed E-state index contributed by atoms with van der Waals surface area (Å²) in [6.07, 6.45) is 2.34. The third-order valence-corrected chi connectivity index (χ3v) is 4.65. The van der Waals surface area contributed by atoms with Crippen LogP contribution in [-0.2, 0) is 4.79 Å². The van der Waals surface area contributed by atoms with Crippen LogP contribution in [0.15, 0.2) is 15.3 Å². The Hall–Kier alpha value is -1.63. The molecule has 0 saturated heterocycles. The zero-order valence-electron chi connectivity index (χ0n) is 11.6. The molecule has 7 heteroatoms. The van der Waals surface area contributed by atoms with E-state index in [1.165, 1.54) is 6.07 Å². The first-order valence-electron chi connectivity index (χ1n) is 6.81. The number of hydrogen-bond acceptors (Lipinski definition) is 3. The summed E-state index contributed by atoms with van der Waals surface area (Å²) in [5.41, 5.74) is 0.304. The third-order valence-electron chi connectivity index (χ3n) is 3.83. The van der Waals surface area contributed by atoms with Crippen molar-refractivity contribution in [1.29, 1.82) is 0 Å². The molecule has 1 aromatic heterocycles. The second kappa shape index (κ2) is 6.43. The highest BCUT2D eigenvalue weighted by molar-refractivity contribution is 9.10. The van der Waals surface area contributed by atoms with E-state index in [2.05, 4.69) is 26.2 Å². The molecule has 0 unspecified atom stereocenters. The lowest BCUT2D eigenvalue weighted by Gasteiger charge is -2.26. The fourth-order valence-corrected chi connectivity index (χ4v) is 2.84. The second-order valence-corrected chi connectivity index (χ2v) is 6.20. The summed E-state index contributed by atoms with van der Waals surface area (Å²) >= 11 is 3.28. The molecule has 1 fully saturated rings. The smallest absolute Gasteiger partial charge is 0.306 e. The summed E-state index contributed by atoms with van der Waals surface area (Å²) in [5, 5.41) is 11.7. The minimum absolute atomic E-state index is 0.0628. The first-order chi connectivity index (χ1) is 9.88. The van der Waals surface area contributed by atoms with Crippen LogP contribution in [0.1, 0.15) is 41.7 Å². The number of aryl methyl sites for hydroxylation is 1. The van der Waals surface area contributed by atoms with E-state index in [-0.39, 0.29) is 17.5 Å². The topological polar surface area (TPSA) is 99.3 Å². The van der Waals surface area contributed by atoms with Crippen molar-refractivity contribution in [3.63, 3.8) is 0 Å². The molecule has 1 saturated carbocycles. The molecular formula is C14H17BrN2O4. The Balaban J connectivity index is 2.01. The number of aliphatic carboxylic acids is 1. The molecule has 1 amide bonds. The molecule has 0 aliphatic heterocycles. The molecule has 1 heterocycles. The van der Waals surface area contributed by atoms with E-state index < -0.39 is 17.4 Å². The van der Waals surface area contributed by atoms with Gasteiger partial charge in [0, 0.05) is 16.2 Å². The molecule has 1 aliphatic carbocycles. The van der Waals surface area contributed by atoms with E-state index in [0.29, 0.717) is 35.8 Å². The molecule has 1 aliphatic rings. The number of carboxylic acid groups (broad SMARTS) is 1. The Kier molecular flexibility index (Phi) is 4.82. The van der Waals surface area contributed by atoms with Gasteiger partial charge < -0.3 is 15.4 Å². The molecule has 2 rings (SSSR count). The number of carbonyl (C=O) groups excluding carboxylic acids is 1. The first kappa shape index (κ1) is 15.8. The quantitative estimate of drug-likeness (QED) is 0.768. The van der Waals surface area contributed by atoms with E-state index >= 15 is 0 Å². The maximum absolute atomic E-state index is 12.1. The normalized spacial score (nSPS) is 21.8. The Labute approximate surface area is 130 Å². The molecule has 3 N–H and O–H groups in total. The van der Waals surface area contributed by atoms with E-state index in [9.17, 15) is 14.4 Å². The number of amides is 1. The summed E-state index contributed by atoms with van der Waals surface area (Å²) in [5.74, 6) is -1.52. The average molecular weight is 357 g/mol. The predicted octanol–water partition coefficient (Wildman–Crippen LogP) is 1.82. The van der Waals surface area contributed by atoms with Gasteiger partial charge in [-0.15, -0.1) is 0 Å². The van der Waals surface area contributed by atoms with E-state index in [0.717, 1.165) is 0 Å². The fourth-order valence-electron chi connectivity index (χ4n) is 2.51. The monoisotopic (exact) mass is 356 g/mol. The van der Waals surface area contributed by atoms with Crippen LogP contribution in [0, 0.1) is 12.8 Å². The van der Waals surface area contributed by atoms with Gasteiger partial charge in [-0.3, -0.25) is 14.4 Å². The van der Waals surface area contributed by atoms with Crippen molar-refractivity contribution < 1.29 is 14.7 Å². The van der Waals surface area contributed by atoms with Crippen molar-refractivity contribution in [1.82, 2.24) is 10.3 Å². The minimum atomic E-state index is -0.779. The highest BCUT2D eigenvalue weighted by atomic mass is 79.9. The van der Waals surface area contributed by atoms with Crippen LogP contribution in [0.2, 0.25) is 0 Å². The highest BCUT2D eigenvalue weighted by Gasteiger charge is 2.27. The molecule has 0 radical (unpaired) electrons. The fraction of sp³-hybridized carbons (Fsp3) is 0.500. The van der Waals surface area contributed by atoms with E-state index in [4.69, 9.17) is 5.11 Å². The lowest BCUT2D eigenvalue weighted by Crippen LogP contribution is -2.40. The van der Waals surface area contributed by atoms with E-state index in [1.54, 1.807) is 6.92 Å². The molecule has 114 valence electrons. The maximum atomic E-state index is 12.1. The Morgan fingerprint density at radius 1 is 1.33 bits per heavy atom. The molecule has 0 atom stereocenters. The van der Waals surface area contributed by atoms with Gasteiger partial charge in [0.2, 0.25) is 0 Å². The highest BCUT2D eigenvalue weighted by Crippen LogP contribution is 2.24. The number of carboxylic acids is 1. The maximum Gasteiger partial charge on any atom is 0.306 e. The first-order valence-corrected chi connectivity index (χ1v) is 7.61. The van der Waals surface area contributed by atoms with Crippen LogP contribution in [-0.4, -0.2) is 28.0 Å². The summed E-state index contributed by atoms with van der Waals surface area (Å²) in [6.45, 7) is 1.74. The Morgan fingerprint density at radius 2 is 1.95 bits per heavy atom. The largest absolute Gasteiger partial charge is 0.481 e. The van der Waals surface area contributed by atoms with Gasteiger partial charge >= 0.3 is 5.97 Å². The van der Waals surface area contributed by atoms with Gasteiger partial charge in [0.15, 0.2) is 0 Å². The van der Waals surface area contributed by atoms with Crippen molar-refractivity contribution in [2.45, 2.75) is 38.6 Å². The number of rotatable bonds is 3. The molecule has 0 bridgehead atoms. The zero-order chi connectivity index (χ0) is 15.6. The van der Waals surface area contributed by atoms with Gasteiger partial charge in [-0.05, 0) is 54.6 Å². The lowest BCUT2D eigenvalue weighted by molar-refractivity contribution is -0.142. The number of hydrogen-bond donors (Lipinski definition) is 3. The number of aromatic nitrogens is 1. The van der Waals surface area contributed by atoms with Gasteiger partial charge in [0.05, 0.1) is 5.92 Å². The lowest BCUT2D eigenvalue weighted by atomic mass is 9.86. The number of nitrogens with one attached hydrogen (secondary N) is 2. The van der Waals surface area contributed by atoms with Crippen molar-refractivity contribution in [3.05, 3.63) is 32.2 Å². The van der Waals surface area contributed by atoms with Crippen molar-refractivity contribution in [2.24, 2.45) is 5.92 Å². The van der Waals surface area contributed by atoms with Crippen LogP contribution in [0.4, 0.5) is 0 Å². The van der Waals surface area contributed by atoms with Crippen LogP contribution >= 0.6 is 15.9 Å². The summed E-state index contributed by atoms with van der Waals surface area (Å²) in [4.78, 5) is 37.4. The number of pyridine rings is 1. The van der Waals surface area contributed by atoms with Gasteiger partial charge in [0.25, 0.3) is 11.5 Å². The zero-order valence-corrected chi connectivity index (χ0v) is 13.2. The molecule has 21 heavy (non-hydrogen) atoms. The van der Waals surface area contributed by atoms with Crippen molar-refractivity contribution in [3.8, 4) is 0 Å². The van der Waals surface area contributed by atoms with Gasteiger partial charge in [-0.25, -0.2) is 0 Å². The van der Waals surface area contributed by atoms with Crippen LogP contribution < -0.4 is 10.9 Å². The SMILES string of the molecule is Cc1[nH]c(=O)c(C(=O)NC2CCC(C(=O)O)CC2)cc1Br. The van der Waals surface area contributed by atoms with Crippen molar-refractivity contribution >= 4 is 27.8 Å². The van der Waals surface area contributed by atoms with E-state index in [1.807, 2.05) is 0 Å². The average Bonchev–Trinajstić information content (AvgIpc) is 2.43. The van der Waals surface area contributed by atoms with Gasteiger partial charge in [-0.1, -0.05) is 0 Å². The van der Waals surface area contributed by atoms with Crippen LogP contribution in [0.3, 0.4) is 0 Å². The molecule has 0 aromatic carbocycles.